The van der Waals surface area contributed by atoms with E-state index in [1.807, 2.05) is 11.3 Å². The Bertz CT molecular complexity index is 376. The lowest BCUT2D eigenvalue weighted by Crippen LogP contribution is -2.25. The fourth-order valence-electron chi connectivity index (χ4n) is 2.97. The molecule has 2 aliphatic rings. The van der Waals surface area contributed by atoms with Crippen LogP contribution in [0.25, 0.3) is 0 Å². The average Bonchev–Trinajstić information content (AvgIpc) is 2.91. The summed E-state index contributed by atoms with van der Waals surface area (Å²) in [6.45, 7) is 10.4. The van der Waals surface area contributed by atoms with Gasteiger partial charge in [0.15, 0.2) is 0 Å². The first-order valence-electron chi connectivity index (χ1n) is 6.59. The Labute approximate surface area is 107 Å². The molecular weight excluding hydrogens is 230 g/mol. The largest absolute Gasteiger partial charge is 0.316 e. The maximum atomic E-state index is 4.73. The van der Waals surface area contributed by atoms with Gasteiger partial charge in [0.05, 0.1) is 10.7 Å². The van der Waals surface area contributed by atoms with Gasteiger partial charge < -0.3 is 5.32 Å². The van der Waals surface area contributed by atoms with Crippen molar-refractivity contribution in [3.63, 3.8) is 0 Å². The van der Waals surface area contributed by atoms with Crippen molar-refractivity contribution in [1.82, 2.24) is 15.2 Å². The zero-order valence-corrected chi connectivity index (χ0v) is 11.5. The molecule has 3 heterocycles. The number of nitrogens with zero attached hydrogens (tertiary/aromatic N) is 2. The molecule has 0 radical (unpaired) electrons. The molecule has 0 spiro atoms. The van der Waals surface area contributed by atoms with Gasteiger partial charge in [-0.25, -0.2) is 4.98 Å². The van der Waals surface area contributed by atoms with Gasteiger partial charge in [-0.1, -0.05) is 13.8 Å². The third kappa shape index (κ3) is 2.39. The smallest absolute Gasteiger partial charge is 0.0954 e. The predicted molar refractivity (Wildman–Crippen MR) is 71.3 cm³/mol. The van der Waals surface area contributed by atoms with E-state index in [1.54, 1.807) is 0 Å². The summed E-state index contributed by atoms with van der Waals surface area (Å²) in [5, 5.41) is 7.00. The van der Waals surface area contributed by atoms with Gasteiger partial charge in [-0.2, -0.15) is 0 Å². The summed E-state index contributed by atoms with van der Waals surface area (Å²) in [7, 11) is 0. The molecule has 3 nitrogen and oxygen atoms in total. The van der Waals surface area contributed by atoms with E-state index < -0.39 is 0 Å². The second-order valence-corrected chi connectivity index (χ2v) is 6.59. The van der Waals surface area contributed by atoms with Crippen LogP contribution in [0, 0.1) is 11.8 Å². The second-order valence-electron chi connectivity index (χ2n) is 5.70. The highest BCUT2D eigenvalue weighted by Crippen LogP contribution is 2.28. The van der Waals surface area contributed by atoms with E-state index in [-0.39, 0.29) is 0 Å². The van der Waals surface area contributed by atoms with Crippen molar-refractivity contribution in [2.75, 3.05) is 26.2 Å². The maximum absolute atomic E-state index is 4.73. The summed E-state index contributed by atoms with van der Waals surface area (Å²) in [5.74, 6) is 2.34. The number of hydrogen-bond donors (Lipinski definition) is 1. The molecule has 2 aliphatic heterocycles. The van der Waals surface area contributed by atoms with Gasteiger partial charge in [0.2, 0.25) is 0 Å². The SMILES string of the molecule is CC(C)c1nc(CN2C[C@H]3CNC[C@H]3C2)cs1. The van der Waals surface area contributed by atoms with Crippen LogP contribution in [-0.4, -0.2) is 36.1 Å². The average molecular weight is 251 g/mol. The first-order valence-corrected chi connectivity index (χ1v) is 7.47. The Kier molecular flexibility index (Phi) is 3.19. The minimum Gasteiger partial charge on any atom is -0.316 e. The first kappa shape index (κ1) is 11.6. The Morgan fingerprint density at radius 2 is 2.12 bits per heavy atom. The summed E-state index contributed by atoms with van der Waals surface area (Å²) in [6, 6.07) is 0. The van der Waals surface area contributed by atoms with E-state index in [4.69, 9.17) is 4.98 Å². The molecule has 3 rings (SSSR count). The molecule has 0 aromatic carbocycles. The van der Waals surface area contributed by atoms with Crippen LogP contribution in [0.5, 0.6) is 0 Å². The van der Waals surface area contributed by atoms with Crippen molar-refractivity contribution in [2.45, 2.75) is 26.3 Å². The number of likely N-dealkylation sites (tertiary alicyclic amines) is 1. The molecule has 0 amide bonds. The molecule has 94 valence electrons. The lowest BCUT2D eigenvalue weighted by Gasteiger charge is -2.15. The fourth-order valence-corrected chi connectivity index (χ4v) is 3.80. The van der Waals surface area contributed by atoms with Gasteiger partial charge in [0, 0.05) is 30.9 Å². The summed E-state index contributed by atoms with van der Waals surface area (Å²) in [6.07, 6.45) is 0. The third-order valence-electron chi connectivity index (χ3n) is 3.91. The van der Waals surface area contributed by atoms with E-state index >= 15 is 0 Å². The highest BCUT2D eigenvalue weighted by molar-refractivity contribution is 7.09. The van der Waals surface area contributed by atoms with E-state index in [0.717, 1.165) is 18.4 Å². The molecule has 0 bridgehead atoms. The van der Waals surface area contributed by atoms with E-state index in [0.29, 0.717) is 5.92 Å². The van der Waals surface area contributed by atoms with Crippen molar-refractivity contribution in [2.24, 2.45) is 11.8 Å². The predicted octanol–water partition coefficient (Wildman–Crippen LogP) is 1.92. The summed E-state index contributed by atoms with van der Waals surface area (Å²) < 4.78 is 0. The van der Waals surface area contributed by atoms with Crippen LogP contribution in [-0.2, 0) is 6.54 Å². The van der Waals surface area contributed by atoms with Crippen molar-refractivity contribution in [1.29, 1.82) is 0 Å². The lowest BCUT2D eigenvalue weighted by molar-refractivity contribution is 0.302. The molecule has 17 heavy (non-hydrogen) atoms. The monoisotopic (exact) mass is 251 g/mol. The standard InChI is InChI=1S/C13H21N3S/c1-9(2)13-15-12(8-17-13)7-16-5-10-3-14-4-11(10)6-16/h8-11,14H,3-7H2,1-2H3/t10-,11+. The summed E-state index contributed by atoms with van der Waals surface area (Å²) in [4.78, 5) is 7.31. The number of nitrogens with one attached hydrogen (secondary N) is 1. The fraction of sp³-hybridized carbons (Fsp3) is 0.769. The van der Waals surface area contributed by atoms with Crippen LogP contribution in [0.4, 0.5) is 0 Å². The van der Waals surface area contributed by atoms with Crippen molar-refractivity contribution >= 4 is 11.3 Å². The number of hydrogen-bond acceptors (Lipinski definition) is 4. The number of aromatic nitrogens is 1. The molecular formula is C13H21N3S. The molecule has 0 unspecified atom stereocenters. The molecule has 2 atom stereocenters. The van der Waals surface area contributed by atoms with Crippen LogP contribution in [0.2, 0.25) is 0 Å². The summed E-state index contributed by atoms with van der Waals surface area (Å²) in [5.41, 5.74) is 1.27. The molecule has 4 heteroatoms. The lowest BCUT2D eigenvalue weighted by atomic mass is 10.0. The minimum absolute atomic E-state index is 0.566. The Morgan fingerprint density at radius 3 is 2.71 bits per heavy atom. The van der Waals surface area contributed by atoms with Crippen LogP contribution in [0.1, 0.15) is 30.5 Å². The normalized spacial score (nSPS) is 29.1. The summed E-state index contributed by atoms with van der Waals surface area (Å²) >= 11 is 1.81. The van der Waals surface area contributed by atoms with Gasteiger partial charge in [0.25, 0.3) is 0 Å². The highest BCUT2D eigenvalue weighted by Gasteiger charge is 2.35. The zero-order chi connectivity index (χ0) is 11.8. The Balaban J connectivity index is 1.60. The number of rotatable bonds is 3. The van der Waals surface area contributed by atoms with Crippen LogP contribution >= 0.6 is 11.3 Å². The molecule has 1 N–H and O–H groups in total. The van der Waals surface area contributed by atoms with Gasteiger partial charge >= 0.3 is 0 Å². The first-order chi connectivity index (χ1) is 8.22. The highest BCUT2D eigenvalue weighted by atomic mass is 32.1. The molecule has 0 saturated carbocycles. The van der Waals surface area contributed by atoms with Crippen LogP contribution in [0.3, 0.4) is 0 Å². The van der Waals surface area contributed by atoms with Crippen molar-refractivity contribution in [3.8, 4) is 0 Å². The molecule has 2 saturated heterocycles. The molecule has 1 aromatic heterocycles. The Morgan fingerprint density at radius 1 is 1.41 bits per heavy atom. The maximum Gasteiger partial charge on any atom is 0.0954 e. The third-order valence-corrected chi connectivity index (χ3v) is 5.11. The molecule has 1 aromatic rings. The second kappa shape index (κ2) is 4.67. The molecule has 2 fully saturated rings. The van der Waals surface area contributed by atoms with E-state index in [9.17, 15) is 0 Å². The quantitative estimate of drug-likeness (QED) is 0.889. The van der Waals surface area contributed by atoms with Crippen molar-refractivity contribution in [3.05, 3.63) is 16.1 Å². The topological polar surface area (TPSA) is 28.2 Å². The van der Waals surface area contributed by atoms with Gasteiger partial charge in [-0.3, -0.25) is 4.90 Å². The van der Waals surface area contributed by atoms with Crippen LogP contribution < -0.4 is 5.32 Å². The zero-order valence-electron chi connectivity index (χ0n) is 10.6. The van der Waals surface area contributed by atoms with Crippen LogP contribution in [0.15, 0.2) is 5.38 Å². The number of thiazole rings is 1. The van der Waals surface area contributed by atoms with Crippen molar-refractivity contribution < 1.29 is 0 Å². The molecule has 0 aliphatic carbocycles. The number of fused-ring (bicyclic) bond motifs is 1. The Hall–Kier alpha value is -0.450. The van der Waals surface area contributed by atoms with E-state index in [2.05, 4.69) is 29.4 Å². The minimum atomic E-state index is 0.566. The van der Waals surface area contributed by atoms with Gasteiger partial charge in [0.1, 0.15) is 0 Å². The van der Waals surface area contributed by atoms with Gasteiger partial charge in [-0.05, 0) is 24.9 Å². The van der Waals surface area contributed by atoms with E-state index in [1.165, 1.54) is 36.9 Å². The van der Waals surface area contributed by atoms with Gasteiger partial charge in [-0.15, -0.1) is 11.3 Å².